The Balaban J connectivity index is 2.29. The molecule has 0 saturated heterocycles. The zero-order chi connectivity index (χ0) is 13.8. The number of ether oxygens (including phenoxy) is 1. The van der Waals surface area contributed by atoms with Gasteiger partial charge in [-0.25, -0.2) is 0 Å². The third-order valence-corrected chi connectivity index (χ3v) is 2.32. The van der Waals surface area contributed by atoms with Gasteiger partial charge < -0.3 is 15.6 Å². The van der Waals surface area contributed by atoms with Crippen LogP contribution in [0, 0.1) is 10.1 Å². The first-order valence-corrected chi connectivity index (χ1v) is 5.38. The van der Waals surface area contributed by atoms with Crippen LogP contribution in [0.5, 0.6) is 11.6 Å². The van der Waals surface area contributed by atoms with E-state index in [1.165, 1.54) is 6.07 Å². The van der Waals surface area contributed by atoms with Crippen molar-refractivity contribution in [3.05, 3.63) is 52.1 Å². The fourth-order valence-corrected chi connectivity index (χ4v) is 1.50. The first-order valence-electron chi connectivity index (χ1n) is 5.38. The van der Waals surface area contributed by atoms with Crippen molar-refractivity contribution in [2.24, 2.45) is 0 Å². The van der Waals surface area contributed by atoms with Crippen molar-refractivity contribution in [3.63, 3.8) is 0 Å². The normalized spacial score (nSPS) is 10.2. The highest BCUT2D eigenvalue weighted by molar-refractivity contribution is 5.46. The summed E-state index contributed by atoms with van der Waals surface area (Å²) in [5.41, 5.74) is 5.94. The minimum atomic E-state index is -0.574. The molecule has 0 bridgehead atoms. The maximum Gasteiger partial charge on any atom is 0.278 e. The molecule has 1 aromatic carbocycles. The van der Waals surface area contributed by atoms with Gasteiger partial charge in [-0.2, -0.15) is 4.98 Å². The third-order valence-electron chi connectivity index (χ3n) is 2.32. The quantitative estimate of drug-likeness (QED) is 0.641. The molecule has 1 heterocycles. The summed E-state index contributed by atoms with van der Waals surface area (Å²) in [5, 5.41) is 19.7. The van der Waals surface area contributed by atoms with Gasteiger partial charge in [0, 0.05) is 0 Å². The van der Waals surface area contributed by atoms with Crippen molar-refractivity contribution < 1.29 is 14.8 Å². The van der Waals surface area contributed by atoms with E-state index < -0.39 is 4.92 Å². The summed E-state index contributed by atoms with van der Waals surface area (Å²) in [6.45, 7) is -0.123. The Hall–Kier alpha value is -2.67. The fourth-order valence-electron chi connectivity index (χ4n) is 1.50. The average Bonchev–Trinajstić information content (AvgIpc) is 2.38. The first-order chi connectivity index (χ1) is 9.08. The molecule has 0 aliphatic heterocycles. The zero-order valence-electron chi connectivity index (χ0n) is 9.81. The monoisotopic (exact) mass is 261 g/mol. The molecule has 0 aliphatic carbocycles. The van der Waals surface area contributed by atoms with Crippen LogP contribution in [0.1, 0.15) is 5.56 Å². The summed E-state index contributed by atoms with van der Waals surface area (Å²) < 4.78 is 5.39. The third kappa shape index (κ3) is 3.17. The number of nitrogens with zero attached hydrogens (tertiary/aromatic N) is 2. The standard InChI is InChI=1S/C12H11N3O4/c13-11-5-9(15(17)18)6-12(14-11)19-10-3-1-2-8(4-10)7-16/h1-6,16H,7H2,(H2,13,14). The molecule has 0 amide bonds. The average molecular weight is 261 g/mol. The fraction of sp³-hybridized carbons (Fsp3) is 0.0833. The number of rotatable bonds is 4. The Labute approximate surface area is 108 Å². The molecule has 0 unspecified atom stereocenters. The predicted molar refractivity (Wildman–Crippen MR) is 67.7 cm³/mol. The van der Waals surface area contributed by atoms with E-state index in [1.807, 2.05) is 0 Å². The molecule has 0 aliphatic rings. The van der Waals surface area contributed by atoms with Crippen LogP contribution in [0.4, 0.5) is 11.5 Å². The summed E-state index contributed by atoms with van der Waals surface area (Å²) >= 11 is 0. The first kappa shape index (κ1) is 12.8. The molecule has 3 N–H and O–H groups in total. The maximum atomic E-state index is 10.7. The molecule has 19 heavy (non-hydrogen) atoms. The highest BCUT2D eigenvalue weighted by Gasteiger charge is 2.11. The van der Waals surface area contributed by atoms with Crippen LogP contribution in [-0.2, 0) is 6.61 Å². The van der Waals surface area contributed by atoms with Gasteiger partial charge in [-0.15, -0.1) is 0 Å². The van der Waals surface area contributed by atoms with Crippen LogP contribution in [-0.4, -0.2) is 15.0 Å². The number of hydrogen-bond acceptors (Lipinski definition) is 6. The number of anilines is 1. The molecule has 0 spiro atoms. The molecule has 0 saturated carbocycles. The number of nitrogen functional groups attached to an aromatic ring is 1. The Morgan fingerprint density at radius 3 is 2.84 bits per heavy atom. The summed E-state index contributed by atoms with van der Waals surface area (Å²) in [7, 11) is 0. The van der Waals surface area contributed by atoms with E-state index in [9.17, 15) is 10.1 Å². The lowest BCUT2D eigenvalue weighted by Crippen LogP contribution is -1.97. The topological polar surface area (TPSA) is 112 Å². The molecule has 98 valence electrons. The van der Waals surface area contributed by atoms with Crippen molar-refractivity contribution in [1.29, 1.82) is 0 Å². The summed E-state index contributed by atoms with van der Waals surface area (Å²) in [5.74, 6) is 0.447. The lowest BCUT2D eigenvalue weighted by Gasteiger charge is -2.06. The van der Waals surface area contributed by atoms with Gasteiger partial charge in [0.15, 0.2) is 0 Å². The van der Waals surface area contributed by atoms with Crippen molar-refractivity contribution in [2.45, 2.75) is 6.61 Å². The SMILES string of the molecule is Nc1cc([N+](=O)[O-])cc(Oc2cccc(CO)c2)n1. The number of aromatic nitrogens is 1. The second-order valence-corrected chi connectivity index (χ2v) is 3.75. The number of aliphatic hydroxyl groups is 1. The van der Waals surface area contributed by atoms with Crippen LogP contribution in [0.15, 0.2) is 36.4 Å². The second kappa shape index (κ2) is 5.32. The van der Waals surface area contributed by atoms with Gasteiger partial charge in [0.25, 0.3) is 5.69 Å². The molecular formula is C12H11N3O4. The minimum Gasteiger partial charge on any atom is -0.439 e. The van der Waals surface area contributed by atoms with Crippen LogP contribution in [0.25, 0.3) is 0 Å². The second-order valence-electron chi connectivity index (χ2n) is 3.75. The van der Waals surface area contributed by atoms with Crippen molar-refractivity contribution in [2.75, 3.05) is 5.73 Å². The van der Waals surface area contributed by atoms with Crippen LogP contribution in [0.2, 0.25) is 0 Å². The largest absolute Gasteiger partial charge is 0.439 e. The maximum absolute atomic E-state index is 10.7. The molecule has 2 aromatic rings. The smallest absolute Gasteiger partial charge is 0.278 e. The van der Waals surface area contributed by atoms with E-state index in [1.54, 1.807) is 24.3 Å². The molecule has 7 nitrogen and oxygen atoms in total. The predicted octanol–water partition coefficient (Wildman–Crippen LogP) is 1.86. The van der Waals surface area contributed by atoms with Crippen molar-refractivity contribution in [3.8, 4) is 11.6 Å². The van der Waals surface area contributed by atoms with E-state index in [0.717, 1.165) is 6.07 Å². The van der Waals surface area contributed by atoms with Gasteiger partial charge in [0.05, 0.1) is 23.7 Å². The Kier molecular flexibility index (Phi) is 3.58. The Bertz CT molecular complexity index is 616. The van der Waals surface area contributed by atoms with E-state index >= 15 is 0 Å². The highest BCUT2D eigenvalue weighted by Crippen LogP contribution is 2.25. The van der Waals surface area contributed by atoms with Gasteiger partial charge in [-0.3, -0.25) is 10.1 Å². The molecule has 0 radical (unpaired) electrons. The lowest BCUT2D eigenvalue weighted by molar-refractivity contribution is -0.384. The molecule has 2 rings (SSSR count). The van der Waals surface area contributed by atoms with E-state index in [2.05, 4.69) is 4.98 Å². The van der Waals surface area contributed by atoms with Gasteiger partial charge in [-0.05, 0) is 17.7 Å². The van der Waals surface area contributed by atoms with E-state index in [4.69, 9.17) is 15.6 Å². The van der Waals surface area contributed by atoms with Gasteiger partial charge >= 0.3 is 0 Å². The Morgan fingerprint density at radius 1 is 1.37 bits per heavy atom. The number of nitrogens with two attached hydrogens (primary N) is 1. The number of nitro groups is 1. The van der Waals surface area contributed by atoms with Gasteiger partial charge in [0.2, 0.25) is 5.88 Å². The van der Waals surface area contributed by atoms with Crippen molar-refractivity contribution >= 4 is 11.5 Å². The Morgan fingerprint density at radius 2 is 2.16 bits per heavy atom. The van der Waals surface area contributed by atoms with Crippen molar-refractivity contribution in [1.82, 2.24) is 4.98 Å². The molecule has 0 atom stereocenters. The number of benzene rings is 1. The molecule has 1 aromatic heterocycles. The van der Waals surface area contributed by atoms with E-state index in [0.29, 0.717) is 11.3 Å². The van der Waals surface area contributed by atoms with Crippen LogP contribution < -0.4 is 10.5 Å². The van der Waals surface area contributed by atoms with Crippen LogP contribution in [0.3, 0.4) is 0 Å². The molecular weight excluding hydrogens is 250 g/mol. The number of pyridine rings is 1. The number of aliphatic hydroxyl groups excluding tert-OH is 1. The lowest BCUT2D eigenvalue weighted by atomic mass is 10.2. The zero-order valence-corrected chi connectivity index (χ0v) is 9.81. The van der Waals surface area contributed by atoms with E-state index in [-0.39, 0.29) is 24.0 Å². The minimum absolute atomic E-state index is 0.00233. The van der Waals surface area contributed by atoms with Gasteiger partial charge in [-0.1, -0.05) is 12.1 Å². The summed E-state index contributed by atoms with van der Waals surface area (Å²) in [6, 6.07) is 9.01. The number of hydrogen-bond donors (Lipinski definition) is 2. The summed E-state index contributed by atoms with van der Waals surface area (Å²) in [6.07, 6.45) is 0. The summed E-state index contributed by atoms with van der Waals surface area (Å²) in [4.78, 5) is 14.0. The highest BCUT2D eigenvalue weighted by atomic mass is 16.6. The van der Waals surface area contributed by atoms with Crippen LogP contribution >= 0.6 is 0 Å². The van der Waals surface area contributed by atoms with Gasteiger partial charge in [0.1, 0.15) is 11.6 Å². The molecule has 0 fully saturated rings. The molecule has 7 heteroatoms.